The molecule has 3 rings (SSSR count). The van der Waals surface area contributed by atoms with Gasteiger partial charge in [-0.15, -0.1) is 35.3 Å². The molecule has 11 heteroatoms. The first-order valence-electron chi connectivity index (χ1n) is 8.96. The summed E-state index contributed by atoms with van der Waals surface area (Å²) in [5.41, 5.74) is -0.0736. The van der Waals surface area contributed by atoms with Gasteiger partial charge in [0.2, 0.25) is 0 Å². The number of hydrogen-bond donors (Lipinski definition) is 2. The second kappa shape index (κ2) is 10.3. The zero-order valence-electron chi connectivity index (χ0n) is 15.8. The predicted octanol–water partition coefficient (Wildman–Crippen LogP) is 3.77. The number of nitrogens with zero attached hydrogens (tertiary/aromatic N) is 4. The van der Waals surface area contributed by atoms with E-state index in [9.17, 15) is 18.3 Å². The van der Waals surface area contributed by atoms with Crippen molar-refractivity contribution in [2.75, 3.05) is 37.6 Å². The number of nitrogens with one attached hydrogen (secondary N) is 1. The Kier molecular flexibility index (Phi) is 8.37. The summed E-state index contributed by atoms with van der Waals surface area (Å²) in [6.07, 6.45) is -4.43. The van der Waals surface area contributed by atoms with Crippen LogP contribution in [0, 0.1) is 0 Å². The van der Waals surface area contributed by atoms with E-state index in [0.29, 0.717) is 43.7 Å². The number of piperazine rings is 1. The minimum atomic E-state index is -4.43. The highest BCUT2D eigenvalue weighted by Gasteiger charge is 2.33. The number of halogens is 4. The molecule has 6 nitrogen and oxygen atoms in total. The van der Waals surface area contributed by atoms with Crippen LogP contribution in [-0.4, -0.2) is 53.7 Å². The molecule has 1 aromatic carbocycles. The van der Waals surface area contributed by atoms with Crippen molar-refractivity contribution in [1.29, 1.82) is 0 Å². The molecule has 2 aromatic rings. The van der Waals surface area contributed by atoms with Gasteiger partial charge in [-0.2, -0.15) is 13.2 Å². The lowest BCUT2D eigenvalue weighted by atomic mass is 10.2. The molecule has 1 fully saturated rings. The van der Waals surface area contributed by atoms with Gasteiger partial charge in [0.05, 0.1) is 12.2 Å². The number of para-hydroxylation sites is 2. The van der Waals surface area contributed by atoms with E-state index in [-0.39, 0.29) is 36.3 Å². The van der Waals surface area contributed by atoms with Crippen LogP contribution in [0.3, 0.4) is 0 Å². The van der Waals surface area contributed by atoms with Crippen LogP contribution < -0.4 is 10.2 Å². The summed E-state index contributed by atoms with van der Waals surface area (Å²) in [5, 5.41) is 14.5. The van der Waals surface area contributed by atoms with Gasteiger partial charge in [-0.1, -0.05) is 12.1 Å². The molecule has 1 aromatic heterocycles. The molecule has 160 valence electrons. The Morgan fingerprint density at radius 1 is 1.24 bits per heavy atom. The fraction of sp³-hybridized carbons (Fsp3) is 0.444. The second-order valence-electron chi connectivity index (χ2n) is 6.26. The van der Waals surface area contributed by atoms with Crippen LogP contribution in [0.1, 0.15) is 17.6 Å². The number of hydrogen-bond acceptors (Lipinski definition) is 5. The Labute approximate surface area is 188 Å². The Balaban J connectivity index is 0.00000300. The molecule has 1 aliphatic rings. The van der Waals surface area contributed by atoms with Gasteiger partial charge >= 0.3 is 6.18 Å². The lowest BCUT2D eigenvalue weighted by Gasteiger charge is -2.37. The maximum absolute atomic E-state index is 12.7. The smallest absolute Gasteiger partial charge is 0.434 e. The summed E-state index contributed by atoms with van der Waals surface area (Å²) >= 11 is 0.962. The van der Waals surface area contributed by atoms with Crippen molar-refractivity contribution in [2.24, 2.45) is 4.99 Å². The van der Waals surface area contributed by atoms with Crippen molar-refractivity contribution in [2.45, 2.75) is 19.6 Å². The molecule has 0 bridgehead atoms. The minimum Gasteiger partial charge on any atom is -0.506 e. The van der Waals surface area contributed by atoms with Crippen LogP contribution in [0.4, 0.5) is 18.9 Å². The molecule has 0 radical (unpaired) electrons. The van der Waals surface area contributed by atoms with E-state index in [1.54, 1.807) is 12.1 Å². The molecule has 29 heavy (non-hydrogen) atoms. The van der Waals surface area contributed by atoms with Gasteiger partial charge in [0, 0.05) is 38.1 Å². The highest BCUT2D eigenvalue weighted by molar-refractivity contribution is 14.0. The monoisotopic (exact) mass is 541 g/mol. The van der Waals surface area contributed by atoms with Crippen LogP contribution in [0.2, 0.25) is 0 Å². The Hall–Kier alpha value is -1.76. The number of benzene rings is 1. The van der Waals surface area contributed by atoms with Gasteiger partial charge in [0.25, 0.3) is 0 Å². The lowest BCUT2D eigenvalue weighted by molar-refractivity contribution is -0.140. The standard InChI is InChI=1S/C18H22F3N5OS.HI/c1-2-22-17(23-11-16-24-15(12-28-16)18(19,20)21)26-9-7-25(8-10-26)13-5-3-4-6-14(13)27;/h3-6,12,27H,2,7-11H2,1H3,(H,22,23);1H. The summed E-state index contributed by atoms with van der Waals surface area (Å²) in [4.78, 5) is 12.3. The number of aromatic nitrogens is 1. The van der Waals surface area contributed by atoms with Gasteiger partial charge < -0.3 is 20.2 Å². The fourth-order valence-electron chi connectivity index (χ4n) is 2.97. The maximum Gasteiger partial charge on any atom is 0.434 e. The number of phenolic OH excluding ortho intramolecular Hbond substituents is 1. The lowest BCUT2D eigenvalue weighted by Crippen LogP contribution is -2.52. The van der Waals surface area contributed by atoms with Crippen molar-refractivity contribution in [3.8, 4) is 5.75 Å². The van der Waals surface area contributed by atoms with Gasteiger partial charge in [0.15, 0.2) is 11.7 Å². The summed E-state index contributed by atoms with van der Waals surface area (Å²) in [6, 6.07) is 7.21. The summed E-state index contributed by atoms with van der Waals surface area (Å²) in [6.45, 7) is 5.48. The molecule has 2 heterocycles. The van der Waals surface area contributed by atoms with E-state index in [1.165, 1.54) is 0 Å². The summed E-state index contributed by atoms with van der Waals surface area (Å²) in [7, 11) is 0. The number of aromatic hydroxyl groups is 1. The van der Waals surface area contributed by atoms with E-state index in [2.05, 4.69) is 25.1 Å². The fourth-order valence-corrected chi connectivity index (χ4v) is 3.70. The van der Waals surface area contributed by atoms with E-state index in [4.69, 9.17) is 0 Å². The van der Waals surface area contributed by atoms with Gasteiger partial charge in [0.1, 0.15) is 10.8 Å². The first kappa shape index (κ1) is 23.5. The number of alkyl halides is 3. The zero-order chi connectivity index (χ0) is 20.1. The molecular formula is C18H23F3IN5OS. The first-order chi connectivity index (χ1) is 13.4. The Morgan fingerprint density at radius 2 is 1.93 bits per heavy atom. The molecule has 0 saturated carbocycles. The van der Waals surface area contributed by atoms with E-state index < -0.39 is 11.9 Å². The number of rotatable bonds is 4. The van der Waals surface area contributed by atoms with Crippen molar-refractivity contribution in [3.63, 3.8) is 0 Å². The van der Waals surface area contributed by atoms with Crippen LogP contribution in [0.15, 0.2) is 34.6 Å². The van der Waals surface area contributed by atoms with Gasteiger partial charge in [-0.25, -0.2) is 9.98 Å². The molecule has 0 unspecified atom stereocenters. The third kappa shape index (κ3) is 6.11. The zero-order valence-corrected chi connectivity index (χ0v) is 19.0. The quantitative estimate of drug-likeness (QED) is 0.351. The third-order valence-electron chi connectivity index (χ3n) is 4.34. The van der Waals surface area contributed by atoms with Crippen LogP contribution in [-0.2, 0) is 12.7 Å². The molecule has 0 aliphatic carbocycles. The number of guanidine groups is 1. The number of anilines is 1. The molecule has 1 saturated heterocycles. The first-order valence-corrected chi connectivity index (χ1v) is 9.84. The molecule has 0 amide bonds. The van der Waals surface area contributed by atoms with Crippen molar-refractivity contribution >= 4 is 47.0 Å². The average molecular weight is 541 g/mol. The van der Waals surface area contributed by atoms with Crippen LogP contribution in [0.25, 0.3) is 0 Å². The van der Waals surface area contributed by atoms with Crippen molar-refractivity contribution in [3.05, 3.63) is 40.3 Å². The number of phenols is 1. The average Bonchev–Trinajstić information content (AvgIpc) is 3.15. The SMILES string of the molecule is CCNC(=NCc1nc(C(F)(F)F)cs1)N1CCN(c2ccccc2O)CC1.I. The Morgan fingerprint density at radius 3 is 2.52 bits per heavy atom. The minimum absolute atomic E-state index is 0. The second-order valence-corrected chi connectivity index (χ2v) is 7.20. The molecule has 2 N–H and O–H groups in total. The molecule has 0 spiro atoms. The van der Waals surface area contributed by atoms with Crippen molar-refractivity contribution < 1.29 is 18.3 Å². The summed E-state index contributed by atoms with van der Waals surface area (Å²) < 4.78 is 38.0. The van der Waals surface area contributed by atoms with Gasteiger partial charge in [-0.3, -0.25) is 0 Å². The van der Waals surface area contributed by atoms with Gasteiger partial charge in [-0.05, 0) is 19.1 Å². The highest BCUT2D eigenvalue weighted by Crippen LogP contribution is 2.30. The van der Waals surface area contributed by atoms with E-state index >= 15 is 0 Å². The largest absolute Gasteiger partial charge is 0.506 e. The van der Waals surface area contributed by atoms with Crippen LogP contribution >= 0.6 is 35.3 Å². The third-order valence-corrected chi connectivity index (χ3v) is 5.18. The number of aliphatic imine (C=N–C) groups is 1. The Bertz CT molecular complexity index is 822. The van der Waals surface area contributed by atoms with Crippen molar-refractivity contribution in [1.82, 2.24) is 15.2 Å². The molecular weight excluding hydrogens is 518 g/mol. The topological polar surface area (TPSA) is 64.0 Å². The summed E-state index contributed by atoms with van der Waals surface area (Å²) in [5.74, 6) is 0.906. The maximum atomic E-state index is 12.7. The predicted molar refractivity (Wildman–Crippen MR) is 119 cm³/mol. The molecule has 0 atom stereocenters. The van der Waals surface area contributed by atoms with E-state index in [0.717, 1.165) is 22.4 Å². The molecule has 1 aliphatic heterocycles. The highest BCUT2D eigenvalue weighted by atomic mass is 127. The van der Waals surface area contributed by atoms with Crippen LogP contribution in [0.5, 0.6) is 5.75 Å². The van der Waals surface area contributed by atoms with E-state index in [1.807, 2.05) is 19.1 Å². The normalized spacial score (nSPS) is 15.2. The number of thiazole rings is 1.